The fraction of sp³-hybridized carbons (Fsp3) is 0.500. The highest BCUT2D eigenvalue weighted by molar-refractivity contribution is 7.80. The highest BCUT2D eigenvalue weighted by Crippen LogP contribution is 2.26. The predicted octanol–water partition coefficient (Wildman–Crippen LogP) is -0.901. The third kappa shape index (κ3) is 2.00. The lowest BCUT2D eigenvalue weighted by molar-refractivity contribution is -0.0471. The molecule has 3 aliphatic rings. The van der Waals surface area contributed by atoms with Crippen LogP contribution in [0.1, 0.15) is 6.42 Å². The normalized spacial score (nSPS) is 33.6. The number of aliphatic hydroxyl groups excluding tert-OH is 2. The van der Waals surface area contributed by atoms with Gasteiger partial charge in [-0.2, -0.15) is 9.98 Å². The molecular weight excluding hydrogens is 272 g/mol. The van der Waals surface area contributed by atoms with Crippen molar-refractivity contribution in [3.63, 3.8) is 0 Å². The smallest absolute Gasteiger partial charge is 0.352 e. The molecule has 0 radical (unpaired) electrons. The van der Waals surface area contributed by atoms with E-state index in [0.717, 1.165) is 0 Å². The van der Waals surface area contributed by atoms with Gasteiger partial charge in [0.1, 0.15) is 18.0 Å². The average molecular weight is 282 g/mol. The van der Waals surface area contributed by atoms with Crippen LogP contribution in [0.15, 0.2) is 15.0 Å². The van der Waals surface area contributed by atoms with Gasteiger partial charge in [-0.15, -0.1) is 0 Å². The summed E-state index contributed by atoms with van der Waals surface area (Å²) in [4.78, 5) is 24.7. The van der Waals surface area contributed by atoms with Crippen LogP contribution in [0.4, 0.5) is 4.79 Å². The number of hydrogen-bond donors (Lipinski definition) is 2. The van der Waals surface area contributed by atoms with Crippen molar-refractivity contribution in [1.82, 2.24) is 4.90 Å². The third-order valence-electron chi connectivity index (χ3n) is 3.05. The number of amidine groups is 1. The molecule has 3 atom stereocenters. The Morgan fingerprint density at radius 3 is 3.00 bits per heavy atom. The number of aliphatic hydroxyl groups is 2. The number of carbonyl (C=O) groups is 1. The number of hydrogen-bond acceptors (Lipinski definition) is 5. The molecule has 100 valence electrons. The second-order valence-electron chi connectivity index (χ2n) is 4.24. The van der Waals surface area contributed by atoms with Crippen LogP contribution >= 0.6 is 12.2 Å². The Morgan fingerprint density at radius 2 is 2.32 bits per heavy atom. The summed E-state index contributed by atoms with van der Waals surface area (Å²) in [6, 6.07) is -0.541. The zero-order chi connectivity index (χ0) is 13.6. The van der Waals surface area contributed by atoms with Gasteiger partial charge in [-0.05, 0) is 12.2 Å². The SMILES string of the molecule is O=C1N=C2C=NC(=S)N=C2N1[C@H]1C[C@@H](O)[C@H](CO)O1. The summed E-state index contributed by atoms with van der Waals surface area (Å²) in [5, 5.41) is 18.9. The summed E-state index contributed by atoms with van der Waals surface area (Å²) in [6.07, 6.45) is -0.711. The molecule has 3 heterocycles. The van der Waals surface area contributed by atoms with Gasteiger partial charge in [0.15, 0.2) is 5.84 Å². The maximum absolute atomic E-state index is 11.9. The van der Waals surface area contributed by atoms with Gasteiger partial charge < -0.3 is 14.9 Å². The molecule has 2 N–H and O–H groups in total. The number of fused-ring (bicyclic) bond motifs is 1. The van der Waals surface area contributed by atoms with E-state index in [0.29, 0.717) is 5.71 Å². The van der Waals surface area contributed by atoms with Gasteiger partial charge in [0, 0.05) is 6.42 Å². The van der Waals surface area contributed by atoms with E-state index in [1.807, 2.05) is 0 Å². The monoisotopic (exact) mass is 282 g/mol. The Kier molecular flexibility index (Phi) is 2.97. The first kappa shape index (κ1) is 12.5. The number of nitrogens with zero attached hydrogens (tertiary/aromatic N) is 4. The molecule has 1 fully saturated rings. The minimum Gasteiger partial charge on any atom is -0.394 e. The van der Waals surface area contributed by atoms with Gasteiger partial charge in [-0.1, -0.05) is 0 Å². The standard InChI is InChI=1S/C10H10N4O4S/c15-3-6-5(16)1-7(18-6)14-8-4(12-10(14)17)2-11-9(19)13-8/h2,5-7,15-16H,1,3H2/t5-,6+,7-/m1/s1. The molecule has 0 aromatic rings. The van der Waals surface area contributed by atoms with E-state index < -0.39 is 24.5 Å². The molecule has 3 aliphatic heterocycles. The molecule has 0 aliphatic carbocycles. The molecule has 2 amide bonds. The zero-order valence-corrected chi connectivity index (χ0v) is 10.4. The maximum Gasteiger partial charge on any atom is 0.352 e. The van der Waals surface area contributed by atoms with Crippen molar-refractivity contribution < 1.29 is 19.7 Å². The molecule has 0 spiro atoms. The van der Waals surface area contributed by atoms with Gasteiger partial charge in [0.05, 0.1) is 18.9 Å². The zero-order valence-electron chi connectivity index (χ0n) is 9.63. The van der Waals surface area contributed by atoms with Crippen molar-refractivity contribution in [1.29, 1.82) is 0 Å². The lowest BCUT2D eigenvalue weighted by Crippen LogP contribution is -2.43. The van der Waals surface area contributed by atoms with E-state index in [4.69, 9.17) is 22.1 Å². The van der Waals surface area contributed by atoms with Gasteiger partial charge in [0.2, 0.25) is 5.11 Å². The first-order chi connectivity index (χ1) is 9.10. The largest absolute Gasteiger partial charge is 0.394 e. The van der Waals surface area contributed by atoms with Crippen molar-refractivity contribution in [2.75, 3.05) is 6.61 Å². The van der Waals surface area contributed by atoms with Gasteiger partial charge >= 0.3 is 6.03 Å². The van der Waals surface area contributed by atoms with E-state index in [1.54, 1.807) is 0 Å². The molecular formula is C10H10N4O4S. The van der Waals surface area contributed by atoms with Crippen LogP contribution < -0.4 is 0 Å². The summed E-state index contributed by atoms with van der Waals surface area (Å²) < 4.78 is 5.42. The molecule has 0 aromatic heterocycles. The fourth-order valence-electron chi connectivity index (χ4n) is 2.15. The van der Waals surface area contributed by atoms with Crippen LogP contribution in [0, 0.1) is 0 Å². The number of thiocarbonyl (C=S) groups is 1. The average Bonchev–Trinajstić information content (AvgIpc) is 2.88. The molecule has 0 unspecified atom stereocenters. The minimum absolute atomic E-state index is 0.103. The second-order valence-corrected chi connectivity index (χ2v) is 4.61. The molecule has 8 nitrogen and oxygen atoms in total. The Hall–Kier alpha value is -1.55. The number of rotatable bonds is 2. The summed E-state index contributed by atoms with van der Waals surface area (Å²) in [6.45, 7) is -0.320. The first-order valence-electron chi connectivity index (χ1n) is 5.63. The maximum atomic E-state index is 11.9. The van der Waals surface area contributed by atoms with Crippen LogP contribution in [0.3, 0.4) is 0 Å². The van der Waals surface area contributed by atoms with Crippen molar-refractivity contribution in [3.05, 3.63) is 0 Å². The quantitative estimate of drug-likeness (QED) is 0.638. The van der Waals surface area contributed by atoms with Gasteiger partial charge in [0.25, 0.3) is 0 Å². The first-order valence-corrected chi connectivity index (χ1v) is 6.04. The molecule has 19 heavy (non-hydrogen) atoms. The Balaban J connectivity index is 1.87. The van der Waals surface area contributed by atoms with E-state index >= 15 is 0 Å². The van der Waals surface area contributed by atoms with Crippen LogP contribution in [0.25, 0.3) is 0 Å². The van der Waals surface area contributed by atoms with Crippen molar-refractivity contribution >= 4 is 41.1 Å². The van der Waals surface area contributed by atoms with Crippen LogP contribution in [0.5, 0.6) is 0 Å². The third-order valence-corrected chi connectivity index (χ3v) is 3.25. The molecule has 9 heteroatoms. The summed E-state index contributed by atoms with van der Waals surface area (Å²) in [5.74, 6) is 0.279. The Labute approximate surface area is 113 Å². The number of carbonyl (C=O) groups excluding carboxylic acids is 1. The molecule has 1 saturated heterocycles. The Morgan fingerprint density at radius 1 is 1.53 bits per heavy atom. The number of urea groups is 1. The summed E-state index contributed by atoms with van der Waals surface area (Å²) >= 11 is 4.86. The fourth-order valence-corrected chi connectivity index (χ4v) is 2.29. The molecule has 0 aromatic carbocycles. The van der Waals surface area contributed by atoms with Crippen LogP contribution in [-0.2, 0) is 4.74 Å². The summed E-state index contributed by atoms with van der Waals surface area (Å²) in [7, 11) is 0. The Bertz CT molecular complexity index is 544. The van der Waals surface area contributed by atoms with Crippen LogP contribution in [-0.4, -0.2) is 69.1 Å². The van der Waals surface area contributed by atoms with Crippen molar-refractivity contribution in [2.24, 2.45) is 15.0 Å². The van der Waals surface area contributed by atoms with Gasteiger partial charge in [-0.25, -0.2) is 14.7 Å². The van der Waals surface area contributed by atoms with E-state index in [9.17, 15) is 9.90 Å². The van der Waals surface area contributed by atoms with E-state index in [2.05, 4.69) is 15.0 Å². The predicted molar refractivity (Wildman–Crippen MR) is 69.6 cm³/mol. The number of ether oxygens (including phenoxy) is 1. The van der Waals surface area contributed by atoms with E-state index in [-0.39, 0.29) is 24.0 Å². The molecule has 3 rings (SSSR count). The highest BCUT2D eigenvalue weighted by atomic mass is 32.1. The molecule has 0 bridgehead atoms. The minimum atomic E-state index is -0.836. The highest BCUT2D eigenvalue weighted by Gasteiger charge is 2.44. The number of aliphatic imine (C=N–C) groups is 3. The lowest BCUT2D eigenvalue weighted by atomic mass is 10.2. The lowest BCUT2D eigenvalue weighted by Gasteiger charge is -2.23. The van der Waals surface area contributed by atoms with Gasteiger partial charge in [-0.3, -0.25) is 0 Å². The second kappa shape index (κ2) is 4.53. The van der Waals surface area contributed by atoms with Crippen molar-refractivity contribution in [3.8, 4) is 0 Å². The summed E-state index contributed by atoms with van der Waals surface area (Å²) in [5.41, 5.74) is 0.323. The van der Waals surface area contributed by atoms with Crippen LogP contribution in [0.2, 0.25) is 0 Å². The topological polar surface area (TPSA) is 107 Å². The van der Waals surface area contributed by atoms with E-state index in [1.165, 1.54) is 11.1 Å². The number of amides is 2. The van der Waals surface area contributed by atoms with Crippen molar-refractivity contribution in [2.45, 2.75) is 24.9 Å². The molecule has 0 saturated carbocycles.